The molecule has 2 aromatic rings. The normalized spacial score (nSPS) is 16.8. The molecule has 106 valence electrons. The van der Waals surface area contributed by atoms with Crippen LogP contribution in [0, 0.1) is 0 Å². The van der Waals surface area contributed by atoms with Crippen molar-refractivity contribution in [1.82, 2.24) is 0 Å². The molecule has 1 saturated heterocycles. The van der Waals surface area contributed by atoms with Crippen LogP contribution in [0.4, 0.5) is 11.4 Å². The number of amidine groups is 1. The van der Waals surface area contributed by atoms with Crippen molar-refractivity contribution in [3.05, 3.63) is 58.6 Å². The fraction of sp³-hybridized carbons (Fsp3) is 0.0667. The molecule has 0 unspecified atom stereocenters. The number of aliphatic imine (C=N–C) groups is 1. The van der Waals surface area contributed by atoms with Gasteiger partial charge in [0.2, 0.25) is 5.91 Å². The summed E-state index contributed by atoms with van der Waals surface area (Å²) in [6, 6.07) is 14.3. The third kappa shape index (κ3) is 3.23. The standard InChI is InChI=1S/C15H10Cl2N2OS/c16-10-4-6-13(7-5-10)19-14(20)9-21-15(19)18-12-3-1-2-11(17)8-12/h1-8H,9H2. The van der Waals surface area contributed by atoms with Crippen molar-refractivity contribution in [3.8, 4) is 0 Å². The highest BCUT2D eigenvalue weighted by Gasteiger charge is 2.29. The van der Waals surface area contributed by atoms with Crippen molar-refractivity contribution in [2.75, 3.05) is 10.7 Å². The van der Waals surface area contributed by atoms with Crippen LogP contribution >= 0.6 is 35.0 Å². The Morgan fingerprint density at radius 3 is 2.52 bits per heavy atom. The lowest BCUT2D eigenvalue weighted by Gasteiger charge is -2.16. The van der Waals surface area contributed by atoms with E-state index in [1.807, 2.05) is 12.1 Å². The summed E-state index contributed by atoms with van der Waals surface area (Å²) in [5, 5.41) is 1.89. The number of thioether (sulfide) groups is 1. The van der Waals surface area contributed by atoms with E-state index in [0.29, 0.717) is 21.0 Å². The molecule has 1 aliphatic heterocycles. The Labute approximate surface area is 136 Å². The molecular formula is C15H10Cl2N2OS. The smallest absolute Gasteiger partial charge is 0.243 e. The summed E-state index contributed by atoms with van der Waals surface area (Å²) in [6.07, 6.45) is 0. The zero-order chi connectivity index (χ0) is 14.8. The highest BCUT2D eigenvalue weighted by molar-refractivity contribution is 8.15. The summed E-state index contributed by atoms with van der Waals surface area (Å²) in [6.45, 7) is 0. The minimum Gasteiger partial charge on any atom is -0.273 e. The Bertz CT molecular complexity index is 716. The topological polar surface area (TPSA) is 32.7 Å². The molecule has 0 radical (unpaired) electrons. The number of rotatable bonds is 2. The van der Waals surface area contributed by atoms with Gasteiger partial charge in [-0.15, -0.1) is 0 Å². The van der Waals surface area contributed by atoms with Crippen LogP contribution in [-0.2, 0) is 4.79 Å². The second-order valence-electron chi connectivity index (χ2n) is 4.37. The predicted molar refractivity (Wildman–Crippen MR) is 89.9 cm³/mol. The van der Waals surface area contributed by atoms with Gasteiger partial charge >= 0.3 is 0 Å². The number of benzene rings is 2. The van der Waals surface area contributed by atoms with Crippen molar-refractivity contribution in [1.29, 1.82) is 0 Å². The largest absolute Gasteiger partial charge is 0.273 e. The molecule has 1 amide bonds. The van der Waals surface area contributed by atoms with Gasteiger partial charge in [-0.3, -0.25) is 9.69 Å². The van der Waals surface area contributed by atoms with Gasteiger partial charge in [0.15, 0.2) is 5.17 Å². The van der Waals surface area contributed by atoms with Crippen LogP contribution < -0.4 is 4.90 Å². The summed E-state index contributed by atoms with van der Waals surface area (Å²) in [5.74, 6) is 0.380. The zero-order valence-electron chi connectivity index (χ0n) is 10.8. The minimum absolute atomic E-state index is 0.00287. The molecule has 21 heavy (non-hydrogen) atoms. The van der Waals surface area contributed by atoms with Crippen molar-refractivity contribution in [2.45, 2.75) is 0 Å². The predicted octanol–water partition coefficient (Wildman–Crippen LogP) is 4.76. The fourth-order valence-electron chi connectivity index (χ4n) is 1.95. The highest BCUT2D eigenvalue weighted by atomic mass is 35.5. The summed E-state index contributed by atoms with van der Waals surface area (Å²) in [7, 11) is 0. The van der Waals surface area contributed by atoms with Crippen LogP contribution in [0.3, 0.4) is 0 Å². The maximum Gasteiger partial charge on any atom is 0.243 e. The summed E-state index contributed by atoms with van der Waals surface area (Å²) >= 11 is 13.3. The first-order valence-electron chi connectivity index (χ1n) is 6.19. The number of hydrogen-bond acceptors (Lipinski definition) is 3. The van der Waals surface area contributed by atoms with Crippen LogP contribution in [-0.4, -0.2) is 16.8 Å². The van der Waals surface area contributed by atoms with E-state index in [1.165, 1.54) is 11.8 Å². The van der Waals surface area contributed by atoms with Gasteiger partial charge in [0.25, 0.3) is 0 Å². The number of amides is 1. The molecule has 1 heterocycles. The molecule has 3 nitrogen and oxygen atoms in total. The average molecular weight is 337 g/mol. The van der Waals surface area contributed by atoms with Crippen molar-refractivity contribution in [2.24, 2.45) is 4.99 Å². The van der Waals surface area contributed by atoms with Crippen molar-refractivity contribution < 1.29 is 4.79 Å². The van der Waals surface area contributed by atoms with E-state index in [9.17, 15) is 4.79 Å². The summed E-state index contributed by atoms with van der Waals surface area (Å²) < 4.78 is 0. The van der Waals surface area contributed by atoms with E-state index in [4.69, 9.17) is 23.2 Å². The monoisotopic (exact) mass is 336 g/mol. The first-order valence-corrected chi connectivity index (χ1v) is 7.93. The van der Waals surface area contributed by atoms with Crippen molar-refractivity contribution >= 4 is 57.4 Å². The molecule has 0 aromatic heterocycles. The third-order valence-electron chi connectivity index (χ3n) is 2.88. The van der Waals surface area contributed by atoms with Gasteiger partial charge in [-0.1, -0.05) is 41.0 Å². The fourth-order valence-corrected chi connectivity index (χ4v) is 3.14. The first-order chi connectivity index (χ1) is 10.1. The van der Waals surface area contributed by atoms with E-state index in [-0.39, 0.29) is 5.91 Å². The minimum atomic E-state index is 0.00287. The lowest BCUT2D eigenvalue weighted by Crippen LogP contribution is -2.28. The van der Waals surface area contributed by atoms with Gasteiger partial charge in [-0.05, 0) is 42.5 Å². The highest BCUT2D eigenvalue weighted by Crippen LogP contribution is 2.30. The Kier molecular flexibility index (Phi) is 4.19. The van der Waals surface area contributed by atoms with Crippen molar-refractivity contribution in [3.63, 3.8) is 0 Å². The number of carbonyl (C=O) groups is 1. The van der Waals surface area contributed by atoms with E-state index < -0.39 is 0 Å². The van der Waals surface area contributed by atoms with Gasteiger partial charge in [0, 0.05) is 10.0 Å². The van der Waals surface area contributed by atoms with E-state index in [2.05, 4.69) is 4.99 Å². The van der Waals surface area contributed by atoms with Crippen LogP contribution in [0.15, 0.2) is 53.5 Å². The molecule has 2 aromatic carbocycles. The van der Waals surface area contributed by atoms with Gasteiger partial charge in [-0.2, -0.15) is 0 Å². The number of anilines is 1. The average Bonchev–Trinajstić information content (AvgIpc) is 2.81. The third-order valence-corrected chi connectivity index (χ3v) is 4.29. The quantitative estimate of drug-likeness (QED) is 0.791. The molecule has 6 heteroatoms. The van der Waals surface area contributed by atoms with Crippen LogP contribution in [0.25, 0.3) is 0 Å². The van der Waals surface area contributed by atoms with Gasteiger partial charge in [0.05, 0.1) is 17.1 Å². The maximum atomic E-state index is 12.1. The molecule has 0 bridgehead atoms. The molecule has 0 spiro atoms. The van der Waals surface area contributed by atoms with Crippen LogP contribution in [0.2, 0.25) is 10.0 Å². The molecule has 0 aliphatic carbocycles. The summed E-state index contributed by atoms with van der Waals surface area (Å²) in [5.41, 5.74) is 1.48. The lowest BCUT2D eigenvalue weighted by molar-refractivity contribution is -0.115. The second kappa shape index (κ2) is 6.10. The molecule has 1 aliphatic rings. The molecule has 0 saturated carbocycles. The Morgan fingerprint density at radius 2 is 1.81 bits per heavy atom. The number of nitrogens with zero attached hydrogens (tertiary/aromatic N) is 2. The zero-order valence-corrected chi connectivity index (χ0v) is 13.1. The molecular weight excluding hydrogens is 327 g/mol. The lowest BCUT2D eigenvalue weighted by atomic mass is 10.3. The van der Waals surface area contributed by atoms with Gasteiger partial charge in [-0.25, -0.2) is 4.99 Å². The SMILES string of the molecule is O=C1CSC(=Nc2cccc(Cl)c2)N1c1ccc(Cl)cc1. The second-order valence-corrected chi connectivity index (χ2v) is 6.18. The Balaban J connectivity index is 1.97. The number of halogens is 2. The molecule has 0 N–H and O–H groups in total. The van der Waals surface area contributed by atoms with Crippen LogP contribution in [0.1, 0.15) is 0 Å². The molecule has 0 atom stereocenters. The molecule has 3 rings (SSSR count). The Hall–Kier alpha value is -1.49. The van der Waals surface area contributed by atoms with Gasteiger partial charge in [0.1, 0.15) is 0 Å². The van der Waals surface area contributed by atoms with Crippen LogP contribution in [0.5, 0.6) is 0 Å². The molecule has 1 fully saturated rings. The number of hydrogen-bond donors (Lipinski definition) is 0. The number of carbonyl (C=O) groups excluding carboxylic acids is 1. The maximum absolute atomic E-state index is 12.1. The first kappa shape index (κ1) is 14.4. The summed E-state index contributed by atoms with van der Waals surface area (Å²) in [4.78, 5) is 18.2. The van der Waals surface area contributed by atoms with Gasteiger partial charge < -0.3 is 0 Å². The van der Waals surface area contributed by atoms with E-state index in [1.54, 1.807) is 41.3 Å². The van der Waals surface area contributed by atoms with E-state index in [0.717, 1.165) is 11.4 Å². The Morgan fingerprint density at radius 1 is 1.05 bits per heavy atom. The van der Waals surface area contributed by atoms with E-state index >= 15 is 0 Å².